The normalized spacial score (nSPS) is 10.9. The molecule has 0 atom stereocenters. The molecule has 0 spiro atoms. The van der Waals surface area contributed by atoms with Gasteiger partial charge in [0.1, 0.15) is 12.4 Å². The van der Waals surface area contributed by atoms with Gasteiger partial charge in [0.05, 0.1) is 0 Å². The zero-order valence-corrected chi connectivity index (χ0v) is 19.3. The fourth-order valence-corrected chi connectivity index (χ4v) is 2.65. The Morgan fingerprint density at radius 1 is 1.04 bits per heavy atom. The van der Waals surface area contributed by atoms with Gasteiger partial charge in [-0.25, -0.2) is 0 Å². The molecule has 2 N–H and O–H groups in total. The van der Waals surface area contributed by atoms with Crippen LogP contribution in [0.25, 0.3) is 0 Å². The number of aliphatic imine (C=N–C) groups is 1. The maximum absolute atomic E-state index is 5.70. The molecule has 0 bridgehead atoms. The summed E-state index contributed by atoms with van der Waals surface area (Å²) in [5, 5.41) is 6.69. The fourth-order valence-electron chi connectivity index (χ4n) is 2.65. The second kappa shape index (κ2) is 13.2. The number of guanidine groups is 1. The second-order valence-electron chi connectivity index (χ2n) is 6.54. The fraction of sp³-hybridized carbons (Fsp3) is 0.318. The van der Waals surface area contributed by atoms with Crippen molar-refractivity contribution in [3.8, 4) is 5.75 Å². The summed E-state index contributed by atoms with van der Waals surface area (Å²) in [5.74, 6) is 1.61. The highest BCUT2D eigenvalue weighted by Gasteiger charge is 2.04. The number of hydrogen-bond acceptors (Lipinski definition) is 3. The van der Waals surface area contributed by atoms with Crippen LogP contribution < -0.4 is 15.4 Å². The van der Waals surface area contributed by atoms with Crippen LogP contribution >= 0.6 is 24.0 Å². The molecule has 2 aromatic carbocycles. The maximum atomic E-state index is 5.70. The number of halogens is 1. The maximum Gasteiger partial charge on any atom is 0.191 e. The lowest BCUT2D eigenvalue weighted by Gasteiger charge is -2.15. The number of benzene rings is 2. The Morgan fingerprint density at radius 3 is 2.32 bits per heavy atom. The van der Waals surface area contributed by atoms with Crippen LogP contribution in [0.15, 0.2) is 66.2 Å². The van der Waals surface area contributed by atoms with Crippen LogP contribution in [0, 0.1) is 0 Å². The first kappa shape index (κ1) is 24.0. The highest BCUT2D eigenvalue weighted by Crippen LogP contribution is 2.17. The summed E-state index contributed by atoms with van der Waals surface area (Å²) in [4.78, 5) is 6.46. The number of hydrogen-bond donors (Lipinski definition) is 2. The van der Waals surface area contributed by atoms with E-state index >= 15 is 0 Å². The Kier molecular flexibility index (Phi) is 11.3. The molecule has 0 heterocycles. The molecule has 28 heavy (non-hydrogen) atoms. The summed E-state index contributed by atoms with van der Waals surface area (Å²) in [6, 6.07) is 16.6. The Balaban J connectivity index is 0.00000392. The smallest absolute Gasteiger partial charge is 0.191 e. The molecule has 0 unspecified atom stereocenters. The van der Waals surface area contributed by atoms with Crippen molar-refractivity contribution in [3.05, 3.63) is 77.9 Å². The van der Waals surface area contributed by atoms with Crippen molar-refractivity contribution in [1.29, 1.82) is 0 Å². The van der Waals surface area contributed by atoms with Gasteiger partial charge in [-0.15, -0.1) is 24.0 Å². The van der Waals surface area contributed by atoms with Gasteiger partial charge in [0, 0.05) is 32.2 Å². The first-order valence-electron chi connectivity index (χ1n) is 9.11. The van der Waals surface area contributed by atoms with Crippen molar-refractivity contribution >= 4 is 29.9 Å². The number of nitrogens with zero attached hydrogens (tertiary/aromatic N) is 2. The van der Waals surface area contributed by atoms with Crippen LogP contribution in [0.3, 0.4) is 0 Å². The van der Waals surface area contributed by atoms with E-state index in [1.54, 1.807) is 13.1 Å². The average Bonchev–Trinajstić information content (AvgIpc) is 2.68. The van der Waals surface area contributed by atoms with E-state index in [-0.39, 0.29) is 24.0 Å². The third kappa shape index (κ3) is 8.31. The number of nitrogens with one attached hydrogen (secondary N) is 2. The molecular formula is C22H31IN4O. The van der Waals surface area contributed by atoms with Gasteiger partial charge < -0.3 is 20.3 Å². The predicted octanol–water partition coefficient (Wildman–Crippen LogP) is 3.80. The first-order chi connectivity index (χ1) is 13.1. The zero-order chi connectivity index (χ0) is 19.5. The van der Waals surface area contributed by atoms with E-state index in [1.165, 1.54) is 11.1 Å². The van der Waals surface area contributed by atoms with Crippen LogP contribution in [0.4, 0.5) is 0 Å². The quantitative estimate of drug-likeness (QED) is 0.241. The van der Waals surface area contributed by atoms with Crippen molar-refractivity contribution < 1.29 is 4.74 Å². The molecule has 0 aliphatic rings. The van der Waals surface area contributed by atoms with Crippen LogP contribution in [0.1, 0.15) is 16.7 Å². The molecular weight excluding hydrogens is 463 g/mol. The third-order valence-corrected chi connectivity index (χ3v) is 3.98. The summed E-state index contributed by atoms with van der Waals surface area (Å²) in [6.07, 6.45) is 1.74. The van der Waals surface area contributed by atoms with Crippen molar-refractivity contribution in [3.63, 3.8) is 0 Å². The summed E-state index contributed by atoms with van der Waals surface area (Å²) < 4.78 is 5.70. The largest absolute Gasteiger partial charge is 0.489 e. The Hall–Kier alpha value is -2.06. The van der Waals surface area contributed by atoms with Crippen LogP contribution in [-0.4, -0.2) is 38.6 Å². The van der Waals surface area contributed by atoms with E-state index in [0.717, 1.165) is 30.4 Å². The monoisotopic (exact) mass is 494 g/mol. The molecule has 0 aromatic heterocycles. The number of para-hydroxylation sites is 1. The highest BCUT2D eigenvalue weighted by atomic mass is 127. The molecule has 0 aliphatic heterocycles. The molecule has 0 saturated heterocycles. The summed E-state index contributed by atoms with van der Waals surface area (Å²) in [6.45, 7) is 6.49. The summed E-state index contributed by atoms with van der Waals surface area (Å²) in [5.41, 5.74) is 3.60. The molecule has 6 heteroatoms. The molecule has 0 amide bonds. The lowest BCUT2D eigenvalue weighted by Crippen LogP contribution is -2.36. The summed E-state index contributed by atoms with van der Waals surface area (Å²) in [7, 11) is 5.92. The van der Waals surface area contributed by atoms with Crippen LogP contribution in [0.2, 0.25) is 0 Å². The van der Waals surface area contributed by atoms with E-state index in [4.69, 9.17) is 4.74 Å². The average molecular weight is 494 g/mol. The minimum absolute atomic E-state index is 0. The lowest BCUT2D eigenvalue weighted by molar-refractivity contribution is 0.358. The van der Waals surface area contributed by atoms with Gasteiger partial charge >= 0.3 is 0 Å². The van der Waals surface area contributed by atoms with Crippen LogP contribution in [-0.2, 0) is 19.6 Å². The van der Waals surface area contributed by atoms with Gasteiger partial charge in [-0.1, -0.05) is 55.1 Å². The van der Waals surface area contributed by atoms with Gasteiger partial charge in [-0.3, -0.25) is 4.99 Å². The van der Waals surface area contributed by atoms with E-state index in [2.05, 4.69) is 65.5 Å². The van der Waals surface area contributed by atoms with Gasteiger partial charge in [0.2, 0.25) is 0 Å². The Morgan fingerprint density at radius 2 is 1.68 bits per heavy atom. The minimum atomic E-state index is 0. The molecule has 2 rings (SSSR count). The molecule has 152 valence electrons. The first-order valence-corrected chi connectivity index (χ1v) is 9.11. The van der Waals surface area contributed by atoms with Gasteiger partial charge in [0.25, 0.3) is 0 Å². The van der Waals surface area contributed by atoms with E-state index in [9.17, 15) is 0 Å². The van der Waals surface area contributed by atoms with E-state index < -0.39 is 0 Å². The van der Waals surface area contributed by atoms with Gasteiger partial charge in [-0.2, -0.15) is 0 Å². The molecule has 0 aliphatic carbocycles. The van der Waals surface area contributed by atoms with E-state index in [0.29, 0.717) is 13.2 Å². The SMILES string of the molecule is C=CCOc1ccccc1CNC(=NC)NCc1ccc(CN(C)C)cc1.I. The Bertz CT molecular complexity index is 744. The third-order valence-electron chi connectivity index (χ3n) is 3.98. The van der Waals surface area contributed by atoms with Gasteiger partial charge in [-0.05, 0) is 31.3 Å². The number of ether oxygens (including phenoxy) is 1. The van der Waals surface area contributed by atoms with Crippen molar-refractivity contribution in [1.82, 2.24) is 15.5 Å². The molecule has 5 nitrogen and oxygen atoms in total. The van der Waals surface area contributed by atoms with Gasteiger partial charge in [0.15, 0.2) is 5.96 Å². The predicted molar refractivity (Wildman–Crippen MR) is 128 cm³/mol. The minimum Gasteiger partial charge on any atom is -0.489 e. The second-order valence-corrected chi connectivity index (χ2v) is 6.54. The Labute approximate surface area is 185 Å². The van der Waals surface area contributed by atoms with Crippen molar-refractivity contribution in [2.75, 3.05) is 27.7 Å². The van der Waals surface area contributed by atoms with Crippen LogP contribution in [0.5, 0.6) is 5.75 Å². The standard InChI is InChI=1S/C22H30N4O.HI/c1-5-14-27-21-9-7-6-8-20(21)16-25-22(23-2)24-15-18-10-12-19(13-11-18)17-26(3)4;/h5-13H,1,14-17H2,2-4H3,(H2,23,24,25);1H. The molecule has 2 aromatic rings. The lowest BCUT2D eigenvalue weighted by atomic mass is 10.1. The topological polar surface area (TPSA) is 48.9 Å². The van der Waals surface area contributed by atoms with E-state index in [1.807, 2.05) is 24.3 Å². The summed E-state index contributed by atoms with van der Waals surface area (Å²) >= 11 is 0. The van der Waals surface area contributed by atoms with Crippen molar-refractivity contribution in [2.24, 2.45) is 4.99 Å². The van der Waals surface area contributed by atoms with Crippen molar-refractivity contribution in [2.45, 2.75) is 19.6 Å². The molecule has 0 fully saturated rings. The zero-order valence-electron chi connectivity index (χ0n) is 16.9. The number of rotatable bonds is 9. The molecule has 0 radical (unpaired) electrons. The molecule has 0 saturated carbocycles. The highest BCUT2D eigenvalue weighted by molar-refractivity contribution is 14.0.